The molecule has 0 aliphatic rings. The van der Waals surface area contributed by atoms with Crippen molar-refractivity contribution in [3.8, 4) is 11.9 Å². The van der Waals surface area contributed by atoms with Crippen molar-refractivity contribution in [3.63, 3.8) is 0 Å². The van der Waals surface area contributed by atoms with E-state index >= 15 is 0 Å². The van der Waals surface area contributed by atoms with Crippen LogP contribution in [0.3, 0.4) is 0 Å². The standard InChI is InChI=1S/C21H21N3O3S/c1-14(2)13-27-21-20(23-17-6-4-5-7-18(17)24-21)19(12-22)28(25,26)16-10-8-15(3)9-11-16/h4-11,14,19H,13H2,1-3H3. The third kappa shape index (κ3) is 3.97. The highest BCUT2D eigenvalue weighted by Crippen LogP contribution is 2.33. The Morgan fingerprint density at radius 1 is 1.04 bits per heavy atom. The van der Waals surface area contributed by atoms with Gasteiger partial charge < -0.3 is 4.74 Å². The molecule has 0 N–H and O–H groups in total. The number of hydrogen-bond acceptors (Lipinski definition) is 6. The van der Waals surface area contributed by atoms with Crippen molar-refractivity contribution in [2.24, 2.45) is 5.92 Å². The molecule has 28 heavy (non-hydrogen) atoms. The number of hydrogen-bond donors (Lipinski definition) is 0. The Balaban J connectivity index is 2.16. The SMILES string of the molecule is Cc1ccc(S(=O)(=O)C(C#N)c2nc3ccccc3nc2OCC(C)C)cc1. The summed E-state index contributed by atoms with van der Waals surface area (Å²) in [5.41, 5.74) is 2.03. The lowest BCUT2D eigenvalue weighted by atomic mass is 10.2. The van der Waals surface area contributed by atoms with Crippen molar-refractivity contribution in [2.75, 3.05) is 6.61 Å². The van der Waals surface area contributed by atoms with Crippen molar-refractivity contribution in [3.05, 3.63) is 59.8 Å². The third-order valence-electron chi connectivity index (χ3n) is 4.14. The maximum Gasteiger partial charge on any atom is 0.238 e. The van der Waals surface area contributed by atoms with E-state index in [1.54, 1.807) is 30.3 Å². The molecule has 144 valence electrons. The molecular formula is C21H21N3O3S. The van der Waals surface area contributed by atoms with Crippen LogP contribution in [0.15, 0.2) is 53.4 Å². The first-order chi connectivity index (χ1) is 13.3. The highest BCUT2D eigenvalue weighted by atomic mass is 32.2. The molecule has 1 unspecified atom stereocenters. The summed E-state index contributed by atoms with van der Waals surface area (Å²) >= 11 is 0. The Kier molecular flexibility index (Phi) is 5.61. The van der Waals surface area contributed by atoms with Crippen LogP contribution >= 0.6 is 0 Å². The van der Waals surface area contributed by atoms with Gasteiger partial charge in [-0.05, 0) is 37.1 Å². The fraction of sp³-hybridized carbons (Fsp3) is 0.286. The molecule has 3 rings (SSSR count). The van der Waals surface area contributed by atoms with E-state index in [1.165, 1.54) is 12.1 Å². The summed E-state index contributed by atoms with van der Waals surface area (Å²) < 4.78 is 32.1. The van der Waals surface area contributed by atoms with Crippen LogP contribution < -0.4 is 4.74 Å². The van der Waals surface area contributed by atoms with Gasteiger partial charge in [0.25, 0.3) is 0 Å². The predicted octanol–water partition coefficient (Wildman–Crippen LogP) is 4.01. The molecule has 0 radical (unpaired) electrons. The van der Waals surface area contributed by atoms with Crippen molar-refractivity contribution in [1.82, 2.24) is 9.97 Å². The van der Waals surface area contributed by atoms with Gasteiger partial charge >= 0.3 is 0 Å². The first-order valence-electron chi connectivity index (χ1n) is 8.92. The van der Waals surface area contributed by atoms with E-state index in [1.807, 2.05) is 32.9 Å². The average molecular weight is 395 g/mol. The number of aryl methyl sites for hydroxylation is 1. The number of fused-ring (bicyclic) bond motifs is 1. The number of ether oxygens (including phenoxy) is 1. The van der Waals surface area contributed by atoms with Crippen LogP contribution in [0.2, 0.25) is 0 Å². The number of benzene rings is 2. The topological polar surface area (TPSA) is 92.9 Å². The van der Waals surface area contributed by atoms with Crippen LogP contribution in [-0.2, 0) is 9.84 Å². The molecule has 0 saturated heterocycles. The van der Waals surface area contributed by atoms with Gasteiger partial charge in [-0.25, -0.2) is 18.4 Å². The van der Waals surface area contributed by atoms with Gasteiger partial charge in [0.05, 0.1) is 28.6 Å². The minimum Gasteiger partial charge on any atom is -0.476 e. The molecule has 6 nitrogen and oxygen atoms in total. The molecule has 0 fully saturated rings. The van der Waals surface area contributed by atoms with Gasteiger partial charge in [0.2, 0.25) is 15.7 Å². The zero-order valence-electron chi connectivity index (χ0n) is 16.0. The van der Waals surface area contributed by atoms with E-state index in [2.05, 4.69) is 9.97 Å². The van der Waals surface area contributed by atoms with Crippen LogP contribution in [0.25, 0.3) is 11.0 Å². The predicted molar refractivity (Wildman–Crippen MR) is 107 cm³/mol. The second-order valence-corrected chi connectivity index (χ2v) is 9.01. The maximum absolute atomic E-state index is 13.2. The van der Waals surface area contributed by atoms with Gasteiger partial charge in [-0.15, -0.1) is 0 Å². The number of rotatable bonds is 6. The van der Waals surface area contributed by atoms with Crippen molar-refractivity contribution >= 4 is 20.9 Å². The smallest absolute Gasteiger partial charge is 0.238 e. The molecule has 0 aliphatic heterocycles. The molecule has 0 amide bonds. The summed E-state index contributed by atoms with van der Waals surface area (Å²) in [5.74, 6) is 0.282. The van der Waals surface area contributed by atoms with Crippen LogP contribution in [0.4, 0.5) is 0 Å². The molecule has 3 aromatic rings. The van der Waals surface area contributed by atoms with Crippen molar-refractivity contribution in [2.45, 2.75) is 30.9 Å². The van der Waals surface area contributed by atoms with E-state index in [-0.39, 0.29) is 22.4 Å². The Morgan fingerprint density at radius 2 is 1.64 bits per heavy atom. The van der Waals surface area contributed by atoms with E-state index in [0.717, 1.165) is 5.56 Å². The molecular weight excluding hydrogens is 374 g/mol. The second-order valence-electron chi connectivity index (χ2n) is 6.97. The molecule has 1 atom stereocenters. The molecule has 0 saturated carbocycles. The minimum atomic E-state index is -3.99. The lowest BCUT2D eigenvalue weighted by Gasteiger charge is -2.16. The largest absolute Gasteiger partial charge is 0.476 e. The Hall–Kier alpha value is -2.98. The monoisotopic (exact) mass is 395 g/mol. The molecule has 7 heteroatoms. The molecule has 0 bridgehead atoms. The zero-order valence-corrected chi connectivity index (χ0v) is 16.8. The van der Waals surface area contributed by atoms with E-state index < -0.39 is 15.1 Å². The van der Waals surface area contributed by atoms with Gasteiger partial charge in [-0.3, -0.25) is 0 Å². The highest BCUT2D eigenvalue weighted by molar-refractivity contribution is 7.92. The first-order valence-corrected chi connectivity index (χ1v) is 10.5. The zero-order chi connectivity index (χ0) is 20.3. The van der Waals surface area contributed by atoms with Crippen LogP contribution in [0.1, 0.15) is 30.4 Å². The first kappa shape index (κ1) is 19.8. The third-order valence-corrected chi connectivity index (χ3v) is 6.02. The summed E-state index contributed by atoms with van der Waals surface area (Å²) in [6, 6.07) is 15.4. The van der Waals surface area contributed by atoms with Crippen LogP contribution in [0.5, 0.6) is 5.88 Å². The summed E-state index contributed by atoms with van der Waals surface area (Å²) in [6.45, 7) is 6.14. The lowest BCUT2D eigenvalue weighted by Crippen LogP contribution is -2.17. The van der Waals surface area contributed by atoms with Crippen molar-refractivity contribution < 1.29 is 13.2 Å². The van der Waals surface area contributed by atoms with Crippen LogP contribution in [0, 0.1) is 24.2 Å². The second kappa shape index (κ2) is 7.95. The molecule has 2 aromatic carbocycles. The highest BCUT2D eigenvalue weighted by Gasteiger charge is 2.34. The minimum absolute atomic E-state index is 0.0161. The molecule has 1 aromatic heterocycles. The molecule has 1 heterocycles. The normalized spacial score (nSPS) is 12.7. The van der Waals surface area contributed by atoms with Crippen LogP contribution in [-0.4, -0.2) is 25.0 Å². The summed E-state index contributed by atoms with van der Waals surface area (Å²) in [6.07, 6.45) is 0. The molecule has 0 aliphatic carbocycles. The van der Waals surface area contributed by atoms with Crippen molar-refractivity contribution in [1.29, 1.82) is 5.26 Å². The van der Waals surface area contributed by atoms with Gasteiger partial charge in [-0.2, -0.15) is 5.26 Å². The van der Waals surface area contributed by atoms with Gasteiger partial charge in [-0.1, -0.05) is 43.7 Å². The number of sulfone groups is 1. The Bertz CT molecular complexity index is 1130. The fourth-order valence-corrected chi connectivity index (χ4v) is 4.04. The van der Waals surface area contributed by atoms with Gasteiger partial charge in [0.15, 0.2) is 5.25 Å². The van der Waals surface area contributed by atoms with E-state index in [9.17, 15) is 13.7 Å². The van der Waals surface area contributed by atoms with Gasteiger partial charge in [0.1, 0.15) is 5.69 Å². The molecule has 0 spiro atoms. The maximum atomic E-state index is 13.2. The van der Waals surface area contributed by atoms with E-state index in [0.29, 0.717) is 17.6 Å². The number of aromatic nitrogens is 2. The van der Waals surface area contributed by atoms with E-state index in [4.69, 9.17) is 4.74 Å². The summed E-state index contributed by atoms with van der Waals surface area (Å²) in [5, 5.41) is 8.23. The average Bonchev–Trinajstić information content (AvgIpc) is 2.67. The van der Waals surface area contributed by atoms with Gasteiger partial charge in [0, 0.05) is 0 Å². The number of nitrogens with zero attached hydrogens (tertiary/aromatic N) is 3. The Labute approximate surface area is 164 Å². The number of para-hydroxylation sites is 2. The quantitative estimate of drug-likeness (QED) is 0.626. The summed E-state index contributed by atoms with van der Waals surface area (Å²) in [7, 11) is -3.99. The number of nitriles is 1. The Morgan fingerprint density at radius 3 is 2.21 bits per heavy atom. The lowest BCUT2D eigenvalue weighted by molar-refractivity contribution is 0.258. The summed E-state index contributed by atoms with van der Waals surface area (Å²) in [4.78, 5) is 8.95. The fourth-order valence-electron chi connectivity index (χ4n) is 2.66.